The number of nitriles is 1. The number of carbonyl (C=O) groups excluding carboxylic acids is 1. The second kappa shape index (κ2) is 6.53. The summed E-state index contributed by atoms with van der Waals surface area (Å²) >= 11 is 0. The van der Waals surface area contributed by atoms with E-state index in [4.69, 9.17) is 5.26 Å². The number of carbonyl (C=O) groups is 1. The molecule has 0 aliphatic rings. The van der Waals surface area contributed by atoms with Crippen LogP contribution in [-0.4, -0.2) is 5.91 Å². The van der Waals surface area contributed by atoms with Crippen molar-refractivity contribution in [1.82, 2.24) is 0 Å². The molecule has 3 heteroatoms. The Balaban J connectivity index is 1.93. The molecule has 100 valence electrons. The molecule has 0 aromatic heterocycles. The molecule has 0 saturated heterocycles. The van der Waals surface area contributed by atoms with Gasteiger partial charge < -0.3 is 5.32 Å². The number of amides is 1. The Morgan fingerprint density at radius 1 is 1.20 bits per heavy atom. The Kier molecular flexibility index (Phi) is 4.52. The van der Waals surface area contributed by atoms with Gasteiger partial charge >= 0.3 is 0 Å². The van der Waals surface area contributed by atoms with E-state index in [1.54, 1.807) is 24.3 Å². The molecule has 3 nitrogen and oxygen atoms in total. The summed E-state index contributed by atoms with van der Waals surface area (Å²) in [7, 11) is 0. The summed E-state index contributed by atoms with van der Waals surface area (Å²) in [6.07, 6.45) is 1.15. The monoisotopic (exact) mass is 264 g/mol. The fourth-order valence-corrected chi connectivity index (χ4v) is 2.03. The second-order valence-corrected chi connectivity index (χ2v) is 4.67. The van der Waals surface area contributed by atoms with Crippen LogP contribution in [0.3, 0.4) is 0 Å². The molecule has 0 fully saturated rings. The summed E-state index contributed by atoms with van der Waals surface area (Å²) in [5.74, 6) is -0.0386. The maximum atomic E-state index is 11.9. The Morgan fingerprint density at radius 2 is 2.00 bits per heavy atom. The molecular weight excluding hydrogens is 248 g/mol. The van der Waals surface area contributed by atoms with Crippen molar-refractivity contribution in [2.45, 2.75) is 19.8 Å². The largest absolute Gasteiger partial charge is 0.326 e. The zero-order valence-corrected chi connectivity index (χ0v) is 11.4. The molecule has 0 spiro atoms. The number of nitrogens with one attached hydrogen (secondary N) is 1. The van der Waals surface area contributed by atoms with Gasteiger partial charge in [0.2, 0.25) is 5.91 Å². The van der Waals surface area contributed by atoms with E-state index in [1.165, 1.54) is 11.1 Å². The van der Waals surface area contributed by atoms with Crippen LogP contribution in [0.15, 0.2) is 48.5 Å². The fourth-order valence-electron chi connectivity index (χ4n) is 2.03. The Hall–Kier alpha value is -2.60. The van der Waals surface area contributed by atoms with Gasteiger partial charge in [0.15, 0.2) is 0 Å². The summed E-state index contributed by atoms with van der Waals surface area (Å²) in [4.78, 5) is 11.9. The van der Waals surface area contributed by atoms with Crippen LogP contribution in [0.25, 0.3) is 0 Å². The number of benzene rings is 2. The Labute approximate surface area is 118 Å². The lowest BCUT2D eigenvalue weighted by Crippen LogP contribution is -2.12. The average Bonchev–Trinajstić information content (AvgIpc) is 2.46. The normalized spacial score (nSPS) is 9.80. The van der Waals surface area contributed by atoms with Crippen LogP contribution in [0.5, 0.6) is 0 Å². The molecule has 0 aliphatic heterocycles. The van der Waals surface area contributed by atoms with Crippen LogP contribution < -0.4 is 5.32 Å². The van der Waals surface area contributed by atoms with E-state index in [2.05, 4.69) is 11.4 Å². The van der Waals surface area contributed by atoms with Crippen LogP contribution in [0.4, 0.5) is 5.69 Å². The molecule has 1 N–H and O–H groups in total. The molecule has 0 unspecified atom stereocenters. The minimum Gasteiger partial charge on any atom is -0.326 e. The summed E-state index contributed by atoms with van der Waals surface area (Å²) in [6, 6.07) is 17.0. The predicted octanol–water partition coefficient (Wildman–Crippen LogP) is 3.44. The number of anilines is 1. The number of rotatable bonds is 4. The molecule has 1 amide bonds. The van der Waals surface area contributed by atoms with Gasteiger partial charge in [0.05, 0.1) is 11.6 Å². The summed E-state index contributed by atoms with van der Waals surface area (Å²) < 4.78 is 0. The quantitative estimate of drug-likeness (QED) is 0.919. The molecule has 0 aliphatic carbocycles. The Bertz CT molecular complexity index is 656. The first kappa shape index (κ1) is 13.8. The van der Waals surface area contributed by atoms with Crippen molar-refractivity contribution in [2.75, 3.05) is 5.32 Å². The van der Waals surface area contributed by atoms with Gasteiger partial charge in [0.25, 0.3) is 0 Å². The lowest BCUT2D eigenvalue weighted by atomic mass is 10.0. The minimum absolute atomic E-state index is 0.0386. The van der Waals surface area contributed by atoms with Gasteiger partial charge in [-0.25, -0.2) is 0 Å². The van der Waals surface area contributed by atoms with Gasteiger partial charge in [-0.05, 0) is 42.7 Å². The highest BCUT2D eigenvalue weighted by Crippen LogP contribution is 2.12. The number of aryl methyl sites for hydroxylation is 2. The van der Waals surface area contributed by atoms with Gasteiger partial charge in [-0.15, -0.1) is 0 Å². The van der Waals surface area contributed by atoms with Crippen molar-refractivity contribution < 1.29 is 4.79 Å². The van der Waals surface area contributed by atoms with Crippen LogP contribution in [0.2, 0.25) is 0 Å². The van der Waals surface area contributed by atoms with Crippen molar-refractivity contribution in [3.8, 4) is 6.07 Å². The van der Waals surface area contributed by atoms with Crippen molar-refractivity contribution in [1.29, 1.82) is 5.26 Å². The van der Waals surface area contributed by atoms with E-state index in [0.29, 0.717) is 17.7 Å². The van der Waals surface area contributed by atoms with E-state index in [1.807, 2.05) is 31.2 Å². The highest BCUT2D eigenvalue weighted by Gasteiger charge is 2.05. The highest BCUT2D eigenvalue weighted by molar-refractivity contribution is 5.91. The number of nitrogens with zero attached hydrogens (tertiary/aromatic N) is 1. The third-order valence-corrected chi connectivity index (χ3v) is 3.16. The molecule has 0 saturated carbocycles. The van der Waals surface area contributed by atoms with Crippen LogP contribution in [0.1, 0.15) is 23.1 Å². The van der Waals surface area contributed by atoms with Gasteiger partial charge in [-0.3, -0.25) is 4.79 Å². The zero-order chi connectivity index (χ0) is 14.4. The van der Waals surface area contributed by atoms with Crippen LogP contribution in [-0.2, 0) is 11.2 Å². The standard InChI is InChI=1S/C17H16N2O/c1-13-5-2-3-7-15(13)9-10-17(20)19-16-8-4-6-14(11-16)12-18/h2-8,11H,9-10H2,1H3,(H,19,20). The Morgan fingerprint density at radius 3 is 2.75 bits per heavy atom. The number of hydrogen-bond donors (Lipinski definition) is 1. The van der Waals surface area contributed by atoms with E-state index >= 15 is 0 Å². The van der Waals surface area contributed by atoms with Crippen molar-refractivity contribution in [2.24, 2.45) is 0 Å². The number of hydrogen-bond acceptors (Lipinski definition) is 2. The van der Waals surface area contributed by atoms with Crippen LogP contribution in [0, 0.1) is 18.3 Å². The van der Waals surface area contributed by atoms with E-state index in [0.717, 1.165) is 6.42 Å². The first-order chi connectivity index (χ1) is 9.69. The molecule has 2 aromatic rings. The SMILES string of the molecule is Cc1ccccc1CCC(=O)Nc1cccc(C#N)c1. The van der Waals surface area contributed by atoms with Crippen molar-refractivity contribution in [3.05, 3.63) is 65.2 Å². The van der Waals surface area contributed by atoms with Crippen LogP contribution >= 0.6 is 0 Å². The van der Waals surface area contributed by atoms with E-state index in [9.17, 15) is 4.79 Å². The molecule has 20 heavy (non-hydrogen) atoms. The van der Waals surface area contributed by atoms with Gasteiger partial charge in [-0.2, -0.15) is 5.26 Å². The molecule has 0 bridgehead atoms. The summed E-state index contributed by atoms with van der Waals surface area (Å²) in [5.41, 5.74) is 3.60. The molecule has 2 aromatic carbocycles. The minimum atomic E-state index is -0.0386. The lowest BCUT2D eigenvalue weighted by molar-refractivity contribution is -0.116. The van der Waals surface area contributed by atoms with Crippen molar-refractivity contribution >= 4 is 11.6 Å². The third-order valence-electron chi connectivity index (χ3n) is 3.16. The van der Waals surface area contributed by atoms with Gasteiger partial charge in [-0.1, -0.05) is 30.3 Å². The molecule has 0 radical (unpaired) electrons. The molecule has 2 rings (SSSR count). The first-order valence-corrected chi connectivity index (χ1v) is 6.53. The first-order valence-electron chi connectivity index (χ1n) is 6.53. The predicted molar refractivity (Wildman–Crippen MR) is 79.3 cm³/mol. The molecular formula is C17H16N2O. The summed E-state index contributed by atoms with van der Waals surface area (Å²) in [6.45, 7) is 2.05. The highest BCUT2D eigenvalue weighted by atomic mass is 16.1. The lowest BCUT2D eigenvalue weighted by Gasteiger charge is -2.07. The van der Waals surface area contributed by atoms with Crippen molar-refractivity contribution in [3.63, 3.8) is 0 Å². The fraction of sp³-hybridized carbons (Fsp3) is 0.176. The maximum absolute atomic E-state index is 11.9. The third kappa shape index (κ3) is 3.69. The topological polar surface area (TPSA) is 52.9 Å². The van der Waals surface area contributed by atoms with Gasteiger partial charge in [0.1, 0.15) is 0 Å². The second-order valence-electron chi connectivity index (χ2n) is 4.67. The van der Waals surface area contributed by atoms with E-state index in [-0.39, 0.29) is 5.91 Å². The molecule has 0 heterocycles. The van der Waals surface area contributed by atoms with E-state index < -0.39 is 0 Å². The van der Waals surface area contributed by atoms with Gasteiger partial charge in [0, 0.05) is 12.1 Å². The zero-order valence-electron chi connectivity index (χ0n) is 11.4. The summed E-state index contributed by atoms with van der Waals surface area (Å²) in [5, 5.41) is 11.6. The maximum Gasteiger partial charge on any atom is 0.224 e. The smallest absolute Gasteiger partial charge is 0.224 e. The average molecular weight is 264 g/mol. The molecule has 0 atom stereocenters.